The Balaban J connectivity index is 2.43. The van der Waals surface area contributed by atoms with Gasteiger partial charge in [-0.05, 0) is 32.0 Å². The summed E-state index contributed by atoms with van der Waals surface area (Å²) in [5.74, 6) is 0. The smallest absolute Gasteiger partial charge is 0.306 e. The van der Waals surface area contributed by atoms with E-state index in [1.165, 1.54) is 11.8 Å². The van der Waals surface area contributed by atoms with Crippen LogP contribution in [-0.2, 0) is 7.05 Å². The van der Waals surface area contributed by atoms with E-state index in [4.69, 9.17) is 0 Å². The quantitative estimate of drug-likeness (QED) is 0.676. The first-order valence-electron chi connectivity index (χ1n) is 6.22. The highest BCUT2D eigenvalue weighted by Gasteiger charge is 2.21. The van der Waals surface area contributed by atoms with Gasteiger partial charge in [-0.25, -0.2) is 0 Å². The molecule has 0 aliphatic rings. The van der Waals surface area contributed by atoms with Gasteiger partial charge in [0.1, 0.15) is 5.69 Å². The predicted molar refractivity (Wildman–Crippen MR) is 79.3 cm³/mol. The summed E-state index contributed by atoms with van der Waals surface area (Å²) in [6.07, 6.45) is 0. The Morgan fingerprint density at radius 1 is 1.50 bits per heavy atom. The second kappa shape index (κ2) is 5.96. The fourth-order valence-electron chi connectivity index (χ4n) is 1.92. The van der Waals surface area contributed by atoms with E-state index >= 15 is 0 Å². The van der Waals surface area contributed by atoms with Crippen molar-refractivity contribution < 1.29 is 4.92 Å². The van der Waals surface area contributed by atoms with Gasteiger partial charge < -0.3 is 5.32 Å². The number of aromatic nitrogens is 2. The molecular weight excluding hydrogens is 276 g/mol. The minimum atomic E-state index is -0.344. The molecule has 0 amide bonds. The van der Waals surface area contributed by atoms with Gasteiger partial charge in [-0.1, -0.05) is 17.8 Å². The van der Waals surface area contributed by atoms with E-state index in [0.717, 1.165) is 10.7 Å². The van der Waals surface area contributed by atoms with Crippen LogP contribution in [0.5, 0.6) is 0 Å². The van der Waals surface area contributed by atoms with Gasteiger partial charge in [0.15, 0.2) is 0 Å². The van der Waals surface area contributed by atoms with Crippen LogP contribution >= 0.6 is 11.8 Å². The molecule has 0 atom stereocenters. The number of hydrogen-bond donors (Lipinski definition) is 1. The van der Waals surface area contributed by atoms with E-state index in [0.29, 0.717) is 17.1 Å². The van der Waals surface area contributed by atoms with Gasteiger partial charge >= 0.3 is 5.69 Å². The van der Waals surface area contributed by atoms with E-state index in [-0.39, 0.29) is 10.6 Å². The molecule has 20 heavy (non-hydrogen) atoms. The molecule has 0 fully saturated rings. The lowest BCUT2D eigenvalue weighted by Crippen LogP contribution is -2.02. The predicted octanol–water partition coefficient (Wildman–Crippen LogP) is 3.22. The molecule has 1 aromatic heterocycles. The Labute approximate surface area is 121 Å². The van der Waals surface area contributed by atoms with Crippen LogP contribution in [0, 0.1) is 17.0 Å². The van der Waals surface area contributed by atoms with Gasteiger partial charge in [-0.2, -0.15) is 5.10 Å². The molecule has 1 heterocycles. The Hall–Kier alpha value is -2.02. The normalized spacial score (nSPS) is 10.6. The zero-order valence-electron chi connectivity index (χ0n) is 11.6. The van der Waals surface area contributed by atoms with Crippen molar-refractivity contribution in [1.29, 1.82) is 0 Å². The minimum Gasteiger partial charge on any atom is -0.380 e. The van der Waals surface area contributed by atoms with Crippen LogP contribution in [0.15, 0.2) is 34.2 Å². The molecule has 0 spiro atoms. The van der Waals surface area contributed by atoms with Crippen molar-refractivity contribution in [2.45, 2.75) is 23.8 Å². The maximum absolute atomic E-state index is 11.3. The molecule has 2 rings (SSSR count). The molecular formula is C13H16N4O2S. The van der Waals surface area contributed by atoms with Crippen LogP contribution < -0.4 is 5.32 Å². The molecule has 0 unspecified atom stereocenters. The third-order valence-electron chi connectivity index (χ3n) is 2.72. The van der Waals surface area contributed by atoms with E-state index in [9.17, 15) is 10.1 Å². The molecule has 1 aromatic carbocycles. The highest BCUT2D eigenvalue weighted by atomic mass is 32.2. The lowest BCUT2D eigenvalue weighted by Gasteiger charge is -2.08. The summed E-state index contributed by atoms with van der Waals surface area (Å²) in [6.45, 7) is 4.45. The third-order valence-corrected chi connectivity index (χ3v) is 3.86. The van der Waals surface area contributed by atoms with Crippen LogP contribution in [0.2, 0.25) is 0 Å². The number of anilines is 1. The van der Waals surface area contributed by atoms with Gasteiger partial charge in [0, 0.05) is 13.6 Å². The van der Waals surface area contributed by atoms with E-state index < -0.39 is 0 Å². The van der Waals surface area contributed by atoms with E-state index in [1.807, 2.05) is 33.0 Å². The molecule has 6 nitrogen and oxygen atoms in total. The molecule has 7 heteroatoms. The zero-order chi connectivity index (χ0) is 14.7. The Morgan fingerprint density at radius 3 is 2.80 bits per heavy atom. The minimum absolute atomic E-state index is 0.109. The van der Waals surface area contributed by atoms with E-state index in [1.54, 1.807) is 16.8 Å². The summed E-state index contributed by atoms with van der Waals surface area (Å²) in [7, 11) is 1.83. The molecule has 0 bridgehead atoms. The van der Waals surface area contributed by atoms with Gasteiger partial charge in [-0.15, -0.1) is 0 Å². The lowest BCUT2D eigenvalue weighted by molar-refractivity contribution is -0.386. The summed E-state index contributed by atoms with van der Waals surface area (Å²) in [6, 6.07) is 7.21. The number of nitro groups is 1. The maximum atomic E-state index is 11.3. The molecule has 2 aromatic rings. The SMILES string of the molecule is CCNc1cccc(Sc2cc(C)nn2C)c1[N+](=O)[O-]. The van der Waals surface area contributed by atoms with Crippen molar-refractivity contribution in [3.8, 4) is 0 Å². The highest BCUT2D eigenvalue weighted by Crippen LogP contribution is 2.39. The zero-order valence-corrected chi connectivity index (χ0v) is 12.4. The van der Waals surface area contributed by atoms with Crippen molar-refractivity contribution in [1.82, 2.24) is 9.78 Å². The lowest BCUT2D eigenvalue weighted by atomic mass is 10.2. The Bertz CT molecular complexity index is 639. The third kappa shape index (κ3) is 2.93. The number of nitro benzene ring substituents is 1. The van der Waals surface area contributed by atoms with Crippen LogP contribution in [0.25, 0.3) is 0 Å². The van der Waals surface area contributed by atoms with Crippen molar-refractivity contribution in [2.24, 2.45) is 7.05 Å². The topological polar surface area (TPSA) is 73.0 Å². The molecule has 1 N–H and O–H groups in total. The number of hydrogen-bond acceptors (Lipinski definition) is 5. The Kier molecular flexibility index (Phi) is 4.29. The highest BCUT2D eigenvalue weighted by molar-refractivity contribution is 7.99. The fraction of sp³-hybridized carbons (Fsp3) is 0.308. The summed E-state index contributed by atoms with van der Waals surface area (Å²) in [5.41, 5.74) is 1.54. The first-order valence-corrected chi connectivity index (χ1v) is 7.04. The van der Waals surface area contributed by atoms with Crippen LogP contribution in [0.4, 0.5) is 11.4 Å². The number of nitrogens with one attached hydrogen (secondary N) is 1. The molecule has 0 saturated heterocycles. The van der Waals surface area contributed by atoms with Gasteiger partial charge in [0.25, 0.3) is 0 Å². The number of benzene rings is 1. The van der Waals surface area contributed by atoms with Crippen LogP contribution in [0.3, 0.4) is 0 Å². The maximum Gasteiger partial charge on any atom is 0.306 e. The summed E-state index contributed by atoms with van der Waals surface area (Å²) >= 11 is 1.35. The Morgan fingerprint density at radius 2 is 2.25 bits per heavy atom. The molecule has 0 saturated carbocycles. The first-order chi connectivity index (χ1) is 9.52. The first kappa shape index (κ1) is 14.4. The van der Waals surface area contributed by atoms with Gasteiger partial charge in [0.05, 0.1) is 20.5 Å². The number of nitrogens with zero attached hydrogens (tertiary/aromatic N) is 3. The fourth-order valence-corrected chi connectivity index (χ4v) is 2.98. The van der Waals surface area contributed by atoms with Gasteiger partial charge in [-0.3, -0.25) is 14.8 Å². The van der Waals surface area contributed by atoms with Crippen molar-refractivity contribution in [3.63, 3.8) is 0 Å². The van der Waals surface area contributed by atoms with Crippen LogP contribution in [0.1, 0.15) is 12.6 Å². The average Bonchev–Trinajstić information content (AvgIpc) is 2.68. The largest absolute Gasteiger partial charge is 0.380 e. The number of rotatable bonds is 5. The number of para-hydroxylation sites is 1. The molecule has 0 aliphatic carbocycles. The average molecular weight is 292 g/mol. The monoisotopic (exact) mass is 292 g/mol. The second-order valence-electron chi connectivity index (χ2n) is 4.29. The van der Waals surface area contributed by atoms with Crippen molar-refractivity contribution in [2.75, 3.05) is 11.9 Å². The second-order valence-corrected chi connectivity index (χ2v) is 5.35. The molecule has 106 valence electrons. The molecule has 0 aliphatic heterocycles. The van der Waals surface area contributed by atoms with Crippen LogP contribution in [-0.4, -0.2) is 21.2 Å². The van der Waals surface area contributed by atoms with Crippen molar-refractivity contribution in [3.05, 3.63) is 40.1 Å². The summed E-state index contributed by atoms with van der Waals surface area (Å²) < 4.78 is 1.73. The summed E-state index contributed by atoms with van der Waals surface area (Å²) in [5, 5.41) is 19.5. The van der Waals surface area contributed by atoms with E-state index in [2.05, 4.69) is 10.4 Å². The van der Waals surface area contributed by atoms with Gasteiger partial charge in [0.2, 0.25) is 0 Å². The number of aryl methyl sites for hydroxylation is 2. The van der Waals surface area contributed by atoms with Crippen molar-refractivity contribution >= 4 is 23.1 Å². The summed E-state index contributed by atoms with van der Waals surface area (Å²) in [4.78, 5) is 11.6. The molecule has 0 radical (unpaired) electrons. The standard InChI is InChI=1S/C13H16N4O2S/c1-4-14-10-6-5-7-11(13(10)17(18)19)20-12-8-9(2)15-16(12)3/h5-8,14H,4H2,1-3H3.